The van der Waals surface area contributed by atoms with E-state index in [9.17, 15) is 9.18 Å². The molecule has 0 unspecified atom stereocenters. The van der Waals surface area contributed by atoms with Crippen molar-refractivity contribution in [2.75, 3.05) is 6.61 Å². The molecule has 0 aliphatic heterocycles. The Morgan fingerprint density at radius 2 is 1.89 bits per heavy atom. The van der Waals surface area contributed by atoms with Crippen LogP contribution in [-0.2, 0) is 0 Å². The number of hydrogen-bond donors (Lipinski definition) is 0. The average Bonchev–Trinajstić information content (AvgIpc) is 3.22. The fraction of sp³-hybridized carbons (Fsp3) is 0.150. The quantitative estimate of drug-likeness (QED) is 0.532. The molecule has 0 fully saturated rings. The maximum absolute atomic E-state index is 13.0. The van der Waals surface area contributed by atoms with Gasteiger partial charge in [0.25, 0.3) is 5.56 Å². The number of halogens is 1. The average molecular weight is 381 g/mol. The van der Waals surface area contributed by atoms with Gasteiger partial charge in [-0.05, 0) is 54.5 Å². The zero-order valence-corrected chi connectivity index (χ0v) is 15.4. The second-order valence-corrected chi connectivity index (χ2v) is 6.98. The Morgan fingerprint density at radius 1 is 1.15 bits per heavy atom. The molecule has 2 heterocycles. The van der Waals surface area contributed by atoms with Crippen LogP contribution < -0.4 is 14.8 Å². The number of hydrogen-bond acceptors (Lipinski definition) is 5. The lowest BCUT2D eigenvalue weighted by molar-refractivity contribution is 0.317. The van der Waals surface area contributed by atoms with E-state index in [4.69, 9.17) is 4.74 Å². The molecular formula is C20H16FN3O2S. The third-order valence-corrected chi connectivity index (χ3v) is 4.89. The molecule has 5 nitrogen and oxygen atoms in total. The van der Waals surface area contributed by atoms with Gasteiger partial charge >= 0.3 is 0 Å². The molecule has 4 rings (SSSR count). The molecule has 0 spiro atoms. The minimum absolute atomic E-state index is 0.235. The van der Waals surface area contributed by atoms with Crippen molar-refractivity contribution in [3.8, 4) is 17.1 Å². The largest absolute Gasteiger partial charge is 0.494 e. The smallest absolute Gasteiger partial charge is 0.291 e. The summed E-state index contributed by atoms with van der Waals surface area (Å²) in [5.74, 6) is 0.976. The van der Waals surface area contributed by atoms with Crippen LogP contribution >= 0.6 is 11.3 Å². The van der Waals surface area contributed by atoms with Gasteiger partial charge in [0, 0.05) is 5.56 Å². The first kappa shape index (κ1) is 17.4. The first-order chi connectivity index (χ1) is 13.1. The van der Waals surface area contributed by atoms with Crippen molar-refractivity contribution in [3.63, 3.8) is 0 Å². The van der Waals surface area contributed by atoms with Gasteiger partial charge in [-0.3, -0.25) is 4.79 Å². The topological polar surface area (TPSA) is 56.5 Å². The molecule has 7 heteroatoms. The van der Waals surface area contributed by atoms with Gasteiger partial charge in [0.15, 0.2) is 5.82 Å². The third kappa shape index (κ3) is 3.59. The molecular weight excluding hydrogens is 365 g/mol. The normalized spacial score (nSPS) is 12.0. The van der Waals surface area contributed by atoms with Crippen molar-refractivity contribution >= 4 is 22.4 Å². The lowest BCUT2D eigenvalue weighted by Gasteiger charge is -2.04. The fourth-order valence-electron chi connectivity index (χ4n) is 2.59. The first-order valence-corrected chi connectivity index (χ1v) is 9.36. The van der Waals surface area contributed by atoms with Crippen LogP contribution in [0.1, 0.15) is 18.9 Å². The Kier molecular flexibility index (Phi) is 4.68. The molecule has 0 atom stereocenters. The van der Waals surface area contributed by atoms with Gasteiger partial charge in [0.1, 0.15) is 11.6 Å². The van der Waals surface area contributed by atoms with E-state index in [1.807, 2.05) is 24.3 Å². The van der Waals surface area contributed by atoms with E-state index in [1.165, 1.54) is 28.0 Å². The molecule has 136 valence electrons. The minimum atomic E-state index is -0.312. The molecule has 0 saturated carbocycles. The van der Waals surface area contributed by atoms with Crippen LogP contribution in [-0.4, -0.2) is 21.2 Å². The lowest BCUT2D eigenvalue weighted by atomic mass is 10.2. The van der Waals surface area contributed by atoms with Crippen molar-refractivity contribution in [1.82, 2.24) is 14.6 Å². The van der Waals surface area contributed by atoms with Crippen LogP contribution in [0.2, 0.25) is 0 Å². The highest BCUT2D eigenvalue weighted by molar-refractivity contribution is 7.15. The molecule has 0 N–H and O–H groups in total. The number of benzene rings is 2. The molecule has 2 aromatic heterocycles. The van der Waals surface area contributed by atoms with Crippen molar-refractivity contribution in [2.24, 2.45) is 0 Å². The van der Waals surface area contributed by atoms with E-state index in [-0.39, 0.29) is 11.4 Å². The van der Waals surface area contributed by atoms with Crippen LogP contribution in [0.5, 0.6) is 5.75 Å². The Morgan fingerprint density at radius 3 is 2.56 bits per heavy atom. The highest BCUT2D eigenvalue weighted by Crippen LogP contribution is 2.20. The number of nitrogens with zero attached hydrogens (tertiary/aromatic N) is 3. The molecule has 0 saturated heterocycles. The van der Waals surface area contributed by atoms with Crippen molar-refractivity contribution in [2.45, 2.75) is 13.3 Å². The summed E-state index contributed by atoms with van der Waals surface area (Å²) in [6.45, 7) is 2.73. The van der Waals surface area contributed by atoms with Crippen LogP contribution in [0, 0.1) is 5.82 Å². The van der Waals surface area contributed by atoms with Crippen LogP contribution in [0.25, 0.3) is 22.4 Å². The molecule has 0 amide bonds. The van der Waals surface area contributed by atoms with E-state index in [0.717, 1.165) is 23.3 Å². The SMILES string of the molecule is CCCOc1ccc(-c2nc3s/c(=C\c4ccc(F)cc4)c(=O)n3n2)cc1. The van der Waals surface area contributed by atoms with Crippen LogP contribution in [0.4, 0.5) is 4.39 Å². The molecule has 27 heavy (non-hydrogen) atoms. The van der Waals surface area contributed by atoms with Gasteiger partial charge < -0.3 is 4.74 Å². The van der Waals surface area contributed by atoms with Crippen molar-refractivity contribution in [3.05, 3.63) is 74.8 Å². The fourth-order valence-corrected chi connectivity index (χ4v) is 3.49. The zero-order chi connectivity index (χ0) is 18.8. The molecule has 4 aromatic rings. The number of aromatic nitrogens is 3. The van der Waals surface area contributed by atoms with E-state index >= 15 is 0 Å². The highest BCUT2D eigenvalue weighted by Gasteiger charge is 2.12. The molecule has 0 radical (unpaired) electrons. The predicted molar refractivity (Wildman–Crippen MR) is 104 cm³/mol. The summed E-state index contributed by atoms with van der Waals surface area (Å²) in [6.07, 6.45) is 2.66. The summed E-state index contributed by atoms with van der Waals surface area (Å²) in [4.78, 5) is 17.5. The van der Waals surface area contributed by atoms with Crippen LogP contribution in [0.15, 0.2) is 53.3 Å². The summed E-state index contributed by atoms with van der Waals surface area (Å²) in [5.41, 5.74) is 1.33. The first-order valence-electron chi connectivity index (χ1n) is 8.54. The lowest BCUT2D eigenvalue weighted by Crippen LogP contribution is -2.23. The van der Waals surface area contributed by atoms with E-state index in [2.05, 4.69) is 17.0 Å². The number of ether oxygens (including phenoxy) is 1. The van der Waals surface area contributed by atoms with Crippen LogP contribution in [0.3, 0.4) is 0 Å². The predicted octanol–water partition coefficient (Wildman–Crippen LogP) is 3.29. The van der Waals surface area contributed by atoms with Gasteiger partial charge in [-0.25, -0.2) is 4.39 Å². The number of fused-ring (bicyclic) bond motifs is 1. The summed E-state index contributed by atoms with van der Waals surface area (Å²) in [6, 6.07) is 13.5. The van der Waals surface area contributed by atoms with Gasteiger partial charge in [0.2, 0.25) is 4.96 Å². The third-order valence-electron chi connectivity index (χ3n) is 3.93. The van der Waals surface area contributed by atoms with E-state index < -0.39 is 0 Å². The minimum Gasteiger partial charge on any atom is -0.494 e. The molecule has 0 aliphatic carbocycles. The van der Waals surface area contributed by atoms with Gasteiger partial charge in [-0.2, -0.15) is 9.50 Å². The summed E-state index contributed by atoms with van der Waals surface area (Å²) >= 11 is 1.26. The maximum Gasteiger partial charge on any atom is 0.291 e. The zero-order valence-electron chi connectivity index (χ0n) is 14.6. The highest BCUT2D eigenvalue weighted by atomic mass is 32.1. The van der Waals surface area contributed by atoms with Gasteiger partial charge in [-0.15, -0.1) is 5.10 Å². The second-order valence-electron chi connectivity index (χ2n) is 5.97. The van der Waals surface area contributed by atoms with E-state index in [1.54, 1.807) is 18.2 Å². The molecule has 0 bridgehead atoms. The van der Waals surface area contributed by atoms with Crippen molar-refractivity contribution in [1.29, 1.82) is 0 Å². The number of thiazole rings is 1. The maximum atomic E-state index is 13.0. The Balaban J connectivity index is 1.66. The van der Waals surface area contributed by atoms with Gasteiger partial charge in [0.05, 0.1) is 11.1 Å². The monoisotopic (exact) mass is 381 g/mol. The standard InChI is InChI=1S/C20H16FN3O2S/c1-2-11-26-16-9-5-14(6-10-16)18-22-20-24(23-18)19(25)17(27-20)12-13-3-7-15(21)8-4-13/h3-10,12H,2,11H2,1H3/b17-12-. The van der Waals surface area contributed by atoms with Gasteiger partial charge in [-0.1, -0.05) is 30.4 Å². The van der Waals surface area contributed by atoms with Crippen molar-refractivity contribution < 1.29 is 9.13 Å². The summed E-state index contributed by atoms with van der Waals surface area (Å²) < 4.78 is 20.4. The Labute approximate surface area is 158 Å². The Bertz CT molecular complexity index is 1180. The number of rotatable bonds is 5. The molecule has 0 aliphatic rings. The summed E-state index contributed by atoms with van der Waals surface area (Å²) in [5, 5.41) is 4.33. The van der Waals surface area contributed by atoms with E-state index in [0.29, 0.717) is 21.9 Å². The summed E-state index contributed by atoms with van der Waals surface area (Å²) in [7, 11) is 0. The Hall–Kier alpha value is -3.06. The second kappa shape index (κ2) is 7.28. The molecule has 2 aromatic carbocycles.